The maximum absolute atomic E-state index is 11.4. The zero-order chi connectivity index (χ0) is 19.2. The van der Waals surface area contributed by atoms with Crippen molar-refractivity contribution in [1.29, 1.82) is 0 Å². The van der Waals surface area contributed by atoms with Crippen LogP contribution in [0.2, 0.25) is 0 Å². The highest BCUT2D eigenvalue weighted by Crippen LogP contribution is 2.27. The average Bonchev–Trinajstić information content (AvgIpc) is 2.64. The van der Waals surface area contributed by atoms with Crippen molar-refractivity contribution in [3.63, 3.8) is 0 Å². The van der Waals surface area contributed by atoms with Gasteiger partial charge in [0.2, 0.25) is 0 Å². The summed E-state index contributed by atoms with van der Waals surface area (Å²) in [5.41, 5.74) is 0. The number of nitrogens with one attached hydrogen (secondary N) is 1. The first-order chi connectivity index (χ1) is 12.6. The fraction of sp³-hybridized carbons (Fsp3) is 0.900. The van der Waals surface area contributed by atoms with Gasteiger partial charge in [-0.25, -0.2) is 0 Å². The van der Waals surface area contributed by atoms with Crippen molar-refractivity contribution in [2.75, 3.05) is 19.8 Å². The lowest BCUT2D eigenvalue weighted by Crippen LogP contribution is -2.39. The molecular weight excluding hydrogens is 350 g/mol. The van der Waals surface area contributed by atoms with Gasteiger partial charge in [-0.1, -0.05) is 25.7 Å². The Balaban J connectivity index is 2.30. The molecule has 0 saturated heterocycles. The topological polar surface area (TPSA) is 67.8 Å². The molecule has 1 fully saturated rings. The first kappa shape index (κ1) is 23.3. The summed E-state index contributed by atoms with van der Waals surface area (Å²) >= 11 is 5.38. The normalized spacial score (nSPS) is 17.5. The van der Waals surface area contributed by atoms with Crippen LogP contribution < -0.4 is 5.32 Å². The molecular formula is C20H37NO4S. The summed E-state index contributed by atoms with van der Waals surface area (Å²) in [5.74, 6) is 0.312. The van der Waals surface area contributed by atoms with Crippen LogP contribution in [0.15, 0.2) is 0 Å². The van der Waals surface area contributed by atoms with Gasteiger partial charge >= 0.3 is 5.97 Å². The Hall–Kier alpha value is -0.720. The Labute approximate surface area is 164 Å². The van der Waals surface area contributed by atoms with E-state index in [0.717, 1.165) is 45.1 Å². The minimum absolute atomic E-state index is 0.00861. The predicted molar refractivity (Wildman–Crippen MR) is 108 cm³/mol. The van der Waals surface area contributed by atoms with E-state index in [1.807, 2.05) is 13.8 Å². The zero-order valence-corrected chi connectivity index (χ0v) is 17.3. The van der Waals surface area contributed by atoms with E-state index >= 15 is 0 Å². The molecule has 6 heteroatoms. The summed E-state index contributed by atoms with van der Waals surface area (Å²) in [6, 6.07) is -0.00861. The molecule has 1 rings (SSSR count). The van der Waals surface area contributed by atoms with Crippen LogP contribution in [-0.2, 0) is 14.3 Å². The first-order valence-electron chi connectivity index (χ1n) is 10.3. The Kier molecular flexibility index (Phi) is 12.9. The van der Waals surface area contributed by atoms with Crippen molar-refractivity contribution >= 4 is 23.2 Å². The molecule has 0 aromatic heterocycles. The quantitative estimate of drug-likeness (QED) is 0.285. The maximum atomic E-state index is 11.4. The van der Waals surface area contributed by atoms with Crippen molar-refractivity contribution in [2.45, 2.75) is 90.2 Å². The standard InChI is InChI=1S/C20H37NO4S/c1-3-24-19(23)13-9-8-12-17(20(26)25-4-2)21-15-14-18(22)16-10-6-5-7-11-16/h16-18,21-22H,3-15H2,1-2H3. The van der Waals surface area contributed by atoms with Gasteiger partial charge in [0, 0.05) is 6.42 Å². The number of carbonyl (C=O) groups is 1. The number of thiocarbonyl (C=S) groups is 1. The third kappa shape index (κ3) is 9.83. The van der Waals surface area contributed by atoms with Gasteiger partial charge in [0.15, 0.2) is 5.05 Å². The van der Waals surface area contributed by atoms with E-state index in [4.69, 9.17) is 21.7 Å². The number of ether oxygens (including phenoxy) is 2. The molecule has 0 bridgehead atoms. The molecule has 0 heterocycles. The van der Waals surface area contributed by atoms with Crippen LogP contribution in [0.25, 0.3) is 0 Å². The number of hydrogen-bond acceptors (Lipinski definition) is 6. The van der Waals surface area contributed by atoms with E-state index in [1.54, 1.807) is 0 Å². The Bertz CT molecular complexity index is 399. The highest BCUT2D eigenvalue weighted by Gasteiger charge is 2.22. The highest BCUT2D eigenvalue weighted by molar-refractivity contribution is 7.80. The van der Waals surface area contributed by atoms with Crippen LogP contribution in [0.3, 0.4) is 0 Å². The second-order valence-electron chi connectivity index (χ2n) is 7.06. The number of hydrogen-bond donors (Lipinski definition) is 2. The fourth-order valence-corrected chi connectivity index (χ4v) is 3.88. The summed E-state index contributed by atoms with van der Waals surface area (Å²) in [7, 11) is 0. The summed E-state index contributed by atoms with van der Waals surface area (Å²) < 4.78 is 10.5. The Morgan fingerprint density at radius 1 is 1.12 bits per heavy atom. The van der Waals surface area contributed by atoms with E-state index < -0.39 is 0 Å². The molecule has 0 aliphatic heterocycles. The molecule has 1 saturated carbocycles. The van der Waals surface area contributed by atoms with Crippen LogP contribution in [0.5, 0.6) is 0 Å². The highest BCUT2D eigenvalue weighted by atomic mass is 32.1. The monoisotopic (exact) mass is 387 g/mol. The second kappa shape index (κ2) is 14.4. The summed E-state index contributed by atoms with van der Waals surface area (Å²) in [5, 5.41) is 14.4. The van der Waals surface area contributed by atoms with E-state index in [0.29, 0.717) is 30.6 Å². The van der Waals surface area contributed by atoms with E-state index in [2.05, 4.69) is 5.32 Å². The average molecular weight is 388 g/mol. The number of aliphatic hydroxyl groups is 1. The smallest absolute Gasteiger partial charge is 0.305 e. The number of esters is 1. The number of unbranched alkanes of at least 4 members (excludes halogenated alkanes) is 1. The minimum Gasteiger partial charge on any atom is -0.486 e. The van der Waals surface area contributed by atoms with Gasteiger partial charge in [-0.15, -0.1) is 0 Å². The summed E-state index contributed by atoms with van der Waals surface area (Å²) in [6.45, 7) is 5.47. The van der Waals surface area contributed by atoms with Crippen molar-refractivity contribution < 1.29 is 19.4 Å². The van der Waals surface area contributed by atoms with Crippen molar-refractivity contribution in [3.8, 4) is 0 Å². The predicted octanol–water partition coefficient (Wildman–Crippen LogP) is 3.76. The van der Waals surface area contributed by atoms with Crippen LogP contribution in [0, 0.1) is 5.92 Å². The summed E-state index contributed by atoms with van der Waals surface area (Å²) in [4.78, 5) is 11.4. The Morgan fingerprint density at radius 2 is 1.81 bits per heavy atom. The molecule has 0 aromatic rings. The van der Waals surface area contributed by atoms with Gasteiger partial charge in [0.25, 0.3) is 0 Å². The van der Waals surface area contributed by atoms with Crippen molar-refractivity contribution in [3.05, 3.63) is 0 Å². The van der Waals surface area contributed by atoms with Crippen LogP contribution in [-0.4, -0.2) is 48.0 Å². The van der Waals surface area contributed by atoms with Crippen LogP contribution in [0.4, 0.5) is 0 Å². The maximum Gasteiger partial charge on any atom is 0.305 e. The van der Waals surface area contributed by atoms with Crippen molar-refractivity contribution in [2.24, 2.45) is 5.92 Å². The lowest BCUT2D eigenvalue weighted by molar-refractivity contribution is -0.143. The SMILES string of the molecule is CCOC(=O)CCCCC(NCCC(O)C1CCCCC1)C(=S)OCC. The lowest BCUT2D eigenvalue weighted by Gasteiger charge is -2.27. The van der Waals surface area contributed by atoms with Gasteiger partial charge < -0.3 is 19.9 Å². The van der Waals surface area contributed by atoms with Gasteiger partial charge in [-0.3, -0.25) is 4.79 Å². The Morgan fingerprint density at radius 3 is 2.46 bits per heavy atom. The number of rotatable bonds is 13. The number of aliphatic hydroxyl groups excluding tert-OH is 1. The molecule has 5 nitrogen and oxygen atoms in total. The molecule has 2 N–H and O–H groups in total. The molecule has 26 heavy (non-hydrogen) atoms. The molecule has 0 radical (unpaired) electrons. The van der Waals surface area contributed by atoms with Gasteiger partial charge in [-0.05, 0) is 70.6 Å². The van der Waals surface area contributed by atoms with Gasteiger partial charge in [0.1, 0.15) is 0 Å². The number of carbonyl (C=O) groups excluding carboxylic acids is 1. The van der Waals surface area contributed by atoms with Crippen LogP contribution in [0.1, 0.15) is 78.1 Å². The lowest BCUT2D eigenvalue weighted by atomic mass is 9.84. The molecule has 2 atom stereocenters. The third-order valence-corrected chi connectivity index (χ3v) is 5.43. The fourth-order valence-electron chi connectivity index (χ4n) is 3.56. The zero-order valence-electron chi connectivity index (χ0n) is 16.5. The minimum atomic E-state index is -0.229. The summed E-state index contributed by atoms with van der Waals surface area (Å²) in [6.07, 6.45) is 9.56. The van der Waals surface area contributed by atoms with E-state index in [1.165, 1.54) is 19.3 Å². The molecule has 0 aromatic carbocycles. The van der Waals surface area contributed by atoms with Gasteiger partial charge in [-0.2, -0.15) is 0 Å². The first-order valence-corrected chi connectivity index (χ1v) is 10.7. The van der Waals surface area contributed by atoms with Crippen molar-refractivity contribution in [1.82, 2.24) is 5.32 Å². The second-order valence-corrected chi connectivity index (χ2v) is 7.47. The molecule has 0 spiro atoms. The van der Waals surface area contributed by atoms with E-state index in [-0.39, 0.29) is 18.1 Å². The van der Waals surface area contributed by atoms with Crippen LogP contribution >= 0.6 is 12.2 Å². The molecule has 1 aliphatic carbocycles. The third-order valence-electron chi connectivity index (χ3n) is 5.02. The molecule has 152 valence electrons. The molecule has 0 amide bonds. The van der Waals surface area contributed by atoms with E-state index in [9.17, 15) is 9.90 Å². The largest absolute Gasteiger partial charge is 0.486 e. The molecule has 2 unspecified atom stereocenters. The molecule has 1 aliphatic rings. The van der Waals surface area contributed by atoms with Gasteiger partial charge in [0.05, 0.1) is 25.4 Å².